The number of hydrogen-bond donors (Lipinski definition) is 2. The summed E-state index contributed by atoms with van der Waals surface area (Å²) in [5, 5.41) is 4.59. The normalized spacial score (nSPS) is 15.7. The molecule has 0 unspecified atom stereocenters. The lowest BCUT2D eigenvalue weighted by Crippen LogP contribution is -2.47. The minimum atomic E-state index is -0.284. The number of thioether (sulfide) groups is 2. The highest BCUT2D eigenvalue weighted by molar-refractivity contribution is 7.99. The van der Waals surface area contributed by atoms with Gasteiger partial charge in [-0.2, -0.15) is 0 Å². The third-order valence-electron chi connectivity index (χ3n) is 9.70. The summed E-state index contributed by atoms with van der Waals surface area (Å²) in [7, 11) is 0. The largest absolute Gasteiger partial charge is 0.368 e. The molecule has 0 bridgehead atoms. The Balaban J connectivity index is 0.000000162. The molecule has 272 valence electrons. The van der Waals surface area contributed by atoms with Gasteiger partial charge in [0.05, 0.1) is 15.1 Å². The van der Waals surface area contributed by atoms with Crippen LogP contribution < -0.4 is 9.80 Å². The lowest BCUT2D eigenvalue weighted by molar-refractivity contribution is 0.273. The minimum Gasteiger partial charge on any atom is -0.368 e. The first-order valence-electron chi connectivity index (χ1n) is 17.6. The number of halogens is 4. The van der Waals surface area contributed by atoms with E-state index in [2.05, 4.69) is 78.1 Å². The molecule has 12 heteroatoms. The van der Waals surface area contributed by atoms with Crippen LogP contribution in [0.15, 0.2) is 107 Å². The number of aromatic nitrogens is 2. The molecule has 8 rings (SSSR count). The van der Waals surface area contributed by atoms with Gasteiger partial charge in [0.1, 0.15) is 5.82 Å². The number of anilines is 2. The molecule has 52 heavy (non-hydrogen) atoms. The summed E-state index contributed by atoms with van der Waals surface area (Å²) in [6.45, 7) is 10.5. The Labute approximate surface area is 328 Å². The summed E-state index contributed by atoms with van der Waals surface area (Å²) in [4.78, 5) is 18.5. The predicted molar refractivity (Wildman–Crippen MR) is 223 cm³/mol. The molecule has 4 heterocycles. The van der Waals surface area contributed by atoms with E-state index in [0.29, 0.717) is 5.02 Å². The molecule has 6 aromatic rings. The Morgan fingerprint density at radius 3 is 1.58 bits per heavy atom. The Bertz CT molecular complexity index is 2050. The maximum Gasteiger partial charge on any atom is 0.124 e. The van der Waals surface area contributed by atoms with Crippen molar-refractivity contribution in [1.29, 1.82) is 0 Å². The molecule has 2 aromatic heterocycles. The summed E-state index contributed by atoms with van der Waals surface area (Å²) in [5.74, 6) is 1.67. The predicted octanol–water partition coefficient (Wildman–Crippen LogP) is 10.3. The molecule has 0 aliphatic carbocycles. The fraction of sp³-hybridized carbons (Fsp3) is 0.300. The standard InChI is InChI=1S/C20H21Cl2N3S.C20H21ClFN3S/c21-16-3-1-4-17(22)20(16)26-14-13-24-9-11-25(12-10-24)19-6-2-5-18-15(19)7-8-23-18;21-17-14-15(22)4-5-20(17)26-13-12-24-8-10-25(11-9-24)19-3-1-2-18-16(19)6-7-23-18/h1-8,23H,9-14H2;1-7,14,23H,8-13H2. The van der Waals surface area contributed by atoms with Gasteiger partial charge in [-0.15, -0.1) is 23.5 Å². The summed E-state index contributed by atoms with van der Waals surface area (Å²) in [6.07, 6.45) is 4.02. The van der Waals surface area contributed by atoms with Crippen LogP contribution >= 0.6 is 58.3 Å². The van der Waals surface area contributed by atoms with Gasteiger partial charge in [0.2, 0.25) is 0 Å². The maximum atomic E-state index is 13.1. The van der Waals surface area contributed by atoms with E-state index in [0.717, 1.165) is 96.8 Å². The Morgan fingerprint density at radius 2 is 1.06 bits per heavy atom. The van der Waals surface area contributed by atoms with Gasteiger partial charge in [-0.25, -0.2) is 4.39 Å². The third-order valence-corrected chi connectivity index (χ3v) is 13.1. The van der Waals surface area contributed by atoms with Gasteiger partial charge in [0, 0.05) is 132 Å². The molecule has 0 saturated carbocycles. The summed E-state index contributed by atoms with van der Waals surface area (Å²) in [6, 6.07) is 27.5. The molecule has 2 saturated heterocycles. The van der Waals surface area contributed by atoms with Crippen molar-refractivity contribution in [3.05, 3.63) is 118 Å². The van der Waals surface area contributed by atoms with Crippen LogP contribution in [0.1, 0.15) is 0 Å². The van der Waals surface area contributed by atoms with Crippen molar-refractivity contribution in [2.45, 2.75) is 9.79 Å². The SMILES string of the molecule is Clc1cccc(Cl)c1SCCN1CCN(c2cccc3[nH]ccc23)CC1.Fc1ccc(SCCN2CCN(c3cccc4[nH]ccc34)CC2)c(Cl)c1. The van der Waals surface area contributed by atoms with Crippen molar-refractivity contribution >= 4 is 91.5 Å². The monoisotopic (exact) mass is 794 g/mol. The topological polar surface area (TPSA) is 44.5 Å². The smallest absolute Gasteiger partial charge is 0.124 e. The lowest BCUT2D eigenvalue weighted by Gasteiger charge is -2.36. The molecular weight excluding hydrogens is 754 g/mol. The number of rotatable bonds is 10. The summed E-state index contributed by atoms with van der Waals surface area (Å²) >= 11 is 22.0. The summed E-state index contributed by atoms with van der Waals surface area (Å²) < 4.78 is 13.1. The van der Waals surface area contributed by atoms with E-state index in [1.807, 2.05) is 30.6 Å². The highest BCUT2D eigenvalue weighted by Gasteiger charge is 2.20. The molecule has 6 nitrogen and oxygen atoms in total. The number of aromatic amines is 2. The van der Waals surface area contributed by atoms with Crippen molar-refractivity contribution in [2.75, 3.05) is 86.8 Å². The molecule has 0 spiro atoms. The lowest BCUT2D eigenvalue weighted by atomic mass is 10.2. The fourth-order valence-electron chi connectivity index (χ4n) is 6.89. The van der Waals surface area contributed by atoms with Crippen LogP contribution in [-0.2, 0) is 0 Å². The first-order chi connectivity index (χ1) is 25.4. The molecule has 4 aromatic carbocycles. The van der Waals surface area contributed by atoms with Crippen molar-refractivity contribution < 1.29 is 4.39 Å². The van der Waals surface area contributed by atoms with E-state index in [-0.39, 0.29) is 5.82 Å². The van der Waals surface area contributed by atoms with Gasteiger partial charge >= 0.3 is 0 Å². The van der Waals surface area contributed by atoms with Gasteiger partial charge < -0.3 is 19.8 Å². The number of H-pyrrole nitrogens is 2. The van der Waals surface area contributed by atoms with E-state index < -0.39 is 0 Å². The summed E-state index contributed by atoms with van der Waals surface area (Å²) in [5.41, 5.74) is 5.05. The first-order valence-corrected chi connectivity index (χ1v) is 20.7. The van der Waals surface area contributed by atoms with Crippen LogP contribution in [0, 0.1) is 5.82 Å². The second-order valence-corrected chi connectivity index (χ2v) is 16.4. The molecule has 2 N–H and O–H groups in total. The Hall–Kier alpha value is -3.02. The van der Waals surface area contributed by atoms with Gasteiger partial charge in [-0.1, -0.05) is 53.0 Å². The second-order valence-electron chi connectivity index (χ2n) is 12.9. The van der Waals surface area contributed by atoms with Crippen molar-refractivity contribution in [3.63, 3.8) is 0 Å². The number of hydrogen-bond acceptors (Lipinski definition) is 6. The molecular formula is C40H42Cl3FN6S2. The fourth-order valence-corrected chi connectivity index (χ4v) is 9.84. The van der Waals surface area contributed by atoms with E-state index >= 15 is 0 Å². The van der Waals surface area contributed by atoms with Gasteiger partial charge in [-0.05, 0) is 66.7 Å². The minimum absolute atomic E-state index is 0.284. The maximum absolute atomic E-state index is 13.1. The van der Waals surface area contributed by atoms with E-state index in [9.17, 15) is 4.39 Å². The number of nitrogens with zero attached hydrogens (tertiary/aromatic N) is 4. The Kier molecular flexibility index (Phi) is 12.8. The molecule has 2 aliphatic rings. The van der Waals surface area contributed by atoms with Crippen molar-refractivity contribution in [1.82, 2.24) is 19.8 Å². The van der Waals surface area contributed by atoms with Crippen molar-refractivity contribution in [2.24, 2.45) is 0 Å². The quantitative estimate of drug-likeness (QED) is 0.135. The zero-order valence-electron chi connectivity index (χ0n) is 28.8. The number of piperazine rings is 2. The average Bonchev–Trinajstić information content (AvgIpc) is 3.85. The Morgan fingerprint density at radius 1 is 0.558 bits per heavy atom. The molecule has 0 radical (unpaired) electrons. The number of benzene rings is 4. The van der Waals surface area contributed by atoms with Gasteiger partial charge in [0.15, 0.2) is 0 Å². The zero-order chi connectivity index (χ0) is 35.9. The highest BCUT2D eigenvalue weighted by atomic mass is 35.5. The van der Waals surface area contributed by atoms with Crippen LogP contribution in [0.2, 0.25) is 15.1 Å². The molecule has 2 fully saturated rings. The average molecular weight is 796 g/mol. The van der Waals surface area contributed by atoms with Crippen LogP contribution in [0.3, 0.4) is 0 Å². The van der Waals surface area contributed by atoms with Gasteiger partial charge in [0.25, 0.3) is 0 Å². The van der Waals surface area contributed by atoms with Crippen LogP contribution in [0.4, 0.5) is 15.8 Å². The number of nitrogens with one attached hydrogen (secondary N) is 2. The zero-order valence-corrected chi connectivity index (χ0v) is 32.7. The van der Waals surface area contributed by atoms with Crippen LogP contribution in [0.5, 0.6) is 0 Å². The third kappa shape index (κ3) is 9.19. The van der Waals surface area contributed by atoms with Crippen LogP contribution in [0.25, 0.3) is 21.8 Å². The van der Waals surface area contributed by atoms with E-state index in [1.54, 1.807) is 29.6 Å². The van der Waals surface area contributed by atoms with E-state index in [4.69, 9.17) is 34.8 Å². The van der Waals surface area contributed by atoms with Crippen LogP contribution in [-0.4, -0.2) is 96.7 Å². The molecule has 0 amide bonds. The molecule has 2 aliphatic heterocycles. The number of fused-ring (bicyclic) bond motifs is 2. The second kappa shape index (κ2) is 17.9. The first kappa shape index (κ1) is 37.3. The highest BCUT2D eigenvalue weighted by Crippen LogP contribution is 2.34. The van der Waals surface area contributed by atoms with Gasteiger partial charge in [-0.3, -0.25) is 9.80 Å². The van der Waals surface area contributed by atoms with Crippen molar-refractivity contribution in [3.8, 4) is 0 Å². The molecule has 0 atom stereocenters. The van der Waals surface area contributed by atoms with E-state index in [1.165, 1.54) is 45.3 Å².